The molecule has 0 spiro atoms. The fourth-order valence-electron chi connectivity index (χ4n) is 2.37. The number of fused-ring (bicyclic) bond motifs is 1. The SMILES string of the molecule is Nc1ccn2ncc(C(=O)NCC3CNCCCO3)c2c1. The van der Waals surface area contributed by atoms with Crippen molar-refractivity contribution in [1.82, 2.24) is 20.2 Å². The Bertz CT molecular complexity index is 631. The van der Waals surface area contributed by atoms with E-state index in [-0.39, 0.29) is 12.0 Å². The molecule has 1 unspecified atom stereocenters. The van der Waals surface area contributed by atoms with Crippen molar-refractivity contribution in [3.8, 4) is 0 Å². The third kappa shape index (κ3) is 3.14. The highest BCUT2D eigenvalue weighted by Gasteiger charge is 2.16. The lowest BCUT2D eigenvalue weighted by Gasteiger charge is -2.15. The van der Waals surface area contributed by atoms with E-state index in [1.807, 2.05) is 0 Å². The summed E-state index contributed by atoms with van der Waals surface area (Å²) in [5.41, 5.74) is 7.58. The third-order valence-electron chi connectivity index (χ3n) is 3.50. The summed E-state index contributed by atoms with van der Waals surface area (Å²) < 4.78 is 7.29. The van der Waals surface area contributed by atoms with Gasteiger partial charge in [0.25, 0.3) is 5.91 Å². The first-order valence-corrected chi connectivity index (χ1v) is 7.07. The van der Waals surface area contributed by atoms with E-state index in [0.717, 1.165) is 26.1 Å². The zero-order chi connectivity index (χ0) is 14.7. The average Bonchev–Trinajstić information content (AvgIpc) is 2.72. The van der Waals surface area contributed by atoms with E-state index in [1.165, 1.54) is 0 Å². The molecule has 1 amide bonds. The van der Waals surface area contributed by atoms with Gasteiger partial charge in [0.2, 0.25) is 0 Å². The lowest BCUT2D eigenvalue weighted by molar-refractivity contribution is 0.0626. The number of nitrogens with zero attached hydrogens (tertiary/aromatic N) is 2. The fourth-order valence-corrected chi connectivity index (χ4v) is 2.37. The Labute approximate surface area is 122 Å². The van der Waals surface area contributed by atoms with Gasteiger partial charge in [-0.2, -0.15) is 5.10 Å². The highest BCUT2D eigenvalue weighted by molar-refractivity contribution is 6.00. The predicted molar refractivity (Wildman–Crippen MR) is 79.2 cm³/mol. The number of nitrogen functional groups attached to an aromatic ring is 1. The number of hydrogen-bond acceptors (Lipinski definition) is 5. The van der Waals surface area contributed by atoms with E-state index in [4.69, 9.17) is 10.5 Å². The third-order valence-corrected chi connectivity index (χ3v) is 3.50. The fraction of sp³-hybridized carbons (Fsp3) is 0.429. The predicted octanol–water partition coefficient (Wildman–Crippen LogP) is 0.0248. The van der Waals surface area contributed by atoms with Gasteiger partial charge in [0.05, 0.1) is 23.4 Å². The number of amides is 1. The van der Waals surface area contributed by atoms with E-state index in [0.29, 0.717) is 23.3 Å². The van der Waals surface area contributed by atoms with Gasteiger partial charge < -0.3 is 21.1 Å². The highest BCUT2D eigenvalue weighted by atomic mass is 16.5. The normalized spacial score (nSPS) is 19.3. The summed E-state index contributed by atoms with van der Waals surface area (Å²) in [6, 6.07) is 3.48. The van der Waals surface area contributed by atoms with Gasteiger partial charge in [-0.3, -0.25) is 4.79 Å². The van der Waals surface area contributed by atoms with Gasteiger partial charge in [-0.1, -0.05) is 0 Å². The average molecular weight is 289 g/mol. The minimum absolute atomic E-state index is 0.00311. The van der Waals surface area contributed by atoms with Crippen LogP contribution in [0.3, 0.4) is 0 Å². The summed E-state index contributed by atoms with van der Waals surface area (Å²) in [6.45, 7) is 2.91. The van der Waals surface area contributed by atoms with Crippen LogP contribution in [0.4, 0.5) is 5.69 Å². The Morgan fingerprint density at radius 3 is 3.43 bits per heavy atom. The van der Waals surface area contributed by atoms with Crippen LogP contribution in [-0.4, -0.2) is 47.9 Å². The van der Waals surface area contributed by atoms with Gasteiger partial charge in [-0.05, 0) is 25.1 Å². The molecule has 1 atom stereocenters. The van der Waals surface area contributed by atoms with E-state index in [1.54, 1.807) is 29.0 Å². The first-order valence-electron chi connectivity index (χ1n) is 7.07. The number of pyridine rings is 1. The molecule has 3 heterocycles. The van der Waals surface area contributed by atoms with Crippen LogP contribution in [-0.2, 0) is 4.74 Å². The summed E-state index contributed by atoms with van der Waals surface area (Å²) in [7, 11) is 0. The van der Waals surface area contributed by atoms with E-state index in [2.05, 4.69) is 15.7 Å². The van der Waals surface area contributed by atoms with Crippen LogP contribution in [0.5, 0.6) is 0 Å². The molecule has 2 aromatic heterocycles. The molecular formula is C14H19N5O2. The van der Waals surface area contributed by atoms with Crippen LogP contribution < -0.4 is 16.4 Å². The summed E-state index contributed by atoms with van der Waals surface area (Å²) in [6.07, 6.45) is 4.29. The molecule has 21 heavy (non-hydrogen) atoms. The number of nitrogens with one attached hydrogen (secondary N) is 2. The number of aromatic nitrogens is 2. The number of nitrogens with two attached hydrogens (primary N) is 1. The van der Waals surface area contributed by atoms with Gasteiger partial charge in [-0.15, -0.1) is 0 Å². The quantitative estimate of drug-likeness (QED) is 0.741. The molecular weight excluding hydrogens is 270 g/mol. The van der Waals surface area contributed by atoms with Gasteiger partial charge in [-0.25, -0.2) is 4.52 Å². The first kappa shape index (κ1) is 13.8. The van der Waals surface area contributed by atoms with Gasteiger partial charge in [0.15, 0.2) is 0 Å². The largest absolute Gasteiger partial charge is 0.399 e. The number of carbonyl (C=O) groups excluding carboxylic acids is 1. The number of carbonyl (C=O) groups is 1. The number of hydrogen-bond donors (Lipinski definition) is 3. The maximum absolute atomic E-state index is 12.3. The number of anilines is 1. The lowest BCUT2D eigenvalue weighted by atomic mass is 10.2. The van der Waals surface area contributed by atoms with Gasteiger partial charge >= 0.3 is 0 Å². The minimum atomic E-state index is -0.163. The second-order valence-corrected chi connectivity index (χ2v) is 5.11. The molecule has 0 radical (unpaired) electrons. The molecule has 4 N–H and O–H groups in total. The summed E-state index contributed by atoms with van der Waals surface area (Å²) in [5, 5.41) is 10.3. The Balaban J connectivity index is 1.67. The molecule has 112 valence electrons. The maximum Gasteiger partial charge on any atom is 0.255 e. The number of ether oxygens (including phenoxy) is 1. The van der Waals surface area contributed by atoms with Crippen molar-refractivity contribution in [2.45, 2.75) is 12.5 Å². The van der Waals surface area contributed by atoms with Gasteiger partial charge in [0, 0.05) is 31.6 Å². The Hall–Kier alpha value is -2.12. The Morgan fingerprint density at radius 2 is 2.52 bits per heavy atom. The molecule has 0 aliphatic carbocycles. The van der Waals surface area contributed by atoms with Crippen LogP contribution in [0.1, 0.15) is 16.8 Å². The van der Waals surface area contributed by atoms with Crippen LogP contribution in [0.2, 0.25) is 0 Å². The van der Waals surface area contributed by atoms with Crippen molar-refractivity contribution >= 4 is 17.1 Å². The minimum Gasteiger partial charge on any atom is -0.399 e. The molecule has 7 nitrogen and oxygen atoms in total. The molecule has 1 saturated heterocycles. The molecule has 3 rings (SSSR count). The second kappa shape index (κ2) is 6.11. The molecule has 7 heteroatoms. The lowest BCUT2D eigenvalue weighted by Crippen LogP contribution is -2.38. The molecule has 1 fully saturated rings. The topological polar surface area (TPSA) is 93.7 Å². The first-order chi connectivity index (χ1) is 10.2. The standard InChI is InChI=1S/C14H19N5O2/c15-10-2-4-19-13(6-10)12(9-18-19)14(20)17-8-11-7-16-3-1-5-21-11/h2,4,6,9,11,16H,1,3,5,7-8,15H2,(H,17,20). The molecule has 0 saturated carbocycles. The summed E-state index contributed by atoms with van der Waals surface area (Å²) in [4.78, 5) is 12.3. The monoisotopic (exact) mass is 289 g/mol. The van der Waals surface area contributed by atoms with E-state index in [9.17, 15) is 4.79 Å². The van der Waals surface area contributed by atoms with Crippen molar-refractivity contribution < 1.29 is 9.53 Å². The van der Waals surface area contributed by atoms with E-state index < -0.39 is 0 Å². The van der Waals surface area contributed by atoms with Crippen LogP contribution in [0.25, 0.3) is 5.52 Å². The van der Waals surface area contributed by atoms with E-state index >= 15 is 0 Å². The Kier molecular flexibility index (Phi) is 4.03. The smallest absolute Gasteiger partial charge is 0.255 e. The molecule has 2 aromatic rings. The molecule has 0 aromatic carbocycles. The van der Waals surface area contributed by atoms with Crippen molar-refractivity contribution in [3.63, 3.8) is 0 Å². The highest BCUT2D eigenvalue weighted by Crippen LogP contribution is 2.13. The van der Waals surface area contributed by atoms with Crippen molar-refractivity contribution in [2.75, 3.05) is 32.0 Å². The molecule has 1 aliphatic heterocycles. The van der Waals surface area contributed by atoms with Crippen molar-refractivity contribution in [3.05, 3.63) is 30.1 Å². The second-order valence-electron chi connectivity index (χ2n) is 5.11. The molecule has 0 bridgehead atoms. The van der Waals surface area contributed by atoms with Crippen LogP contribution in [0.15, 0.2) is 24.5 Å². The summed E-state index contributed by atoms with van der Waals surface area (Å²) >= 11 is 0. The number of rotatable bonds is 3. The maximum atomic E-state index is 12.3. The molecule has 1 aliphatic rings. The zero-order valence-corrected chi connectivity index (χ0v) is 11.7. The van der Waals surface area contributed by atoms with Crippen LogP contribution in [0, 0.1) is 0 Å². The van der Waals surface area contributed by atoms with Gasteiger partial charge in [0.1, 0.15) is 0 Å². The van der Waals surface area contributed by atoms with Crippen LogP contribution >= 0.6 is 0 Å². The summed E-state index contributed by atoms with van der Waals surface area (Å²) in [5.74, 6) is -0.163. The zero-order valence-electron chi connectivity index (χ0n) is 11.7. The van der Waals surface area contributed by atoms with Crippen molar-refractivity contribution in [2.24, 2.45) is 0 Å². The Morgan fingerprint density at radius 1 is 1.62 bits per heavy atom. The van der Waals surface area contributed by atoms with Crippen molar-refractivity contribution in [1.29, 1.82) is 0 Å².